The molecule has 0 spiro atoms. The highest BCUT2D eigenvalue weighted by Crippen LogP contribution is 2.38. The second kappa shape index (κ2) is 7.89. The van der Waals surface area contributed by atoms with E-state index in [2.05, 4.69) is 0 Å². The monoisotopic (exact) mass is 358 g/mol. The molecule has 2 atom stereocenters. The number of nitrogens with zero attached hydrogens (tertiary/aromatic N) is 2. The standard InChI is InChI=1S/C20H26N2O4/c1-21(13-14-6-5-7-15(12-14)26-2)18(23)10-11-22-19(24)16-8-3-4-9-17(16)20(22)25/h5-7,12,16-17H,3-4,8-11,13H2,1-2H3/t16-,17+. The molecule has 2 fully saturated rings. The number of hydrogen-bond acceptors (Lipinski definition) is 4. The minimum atomic E-state index is -0.152. The van der Waals surface area contributed by atoms with Crippen LogP contribution in [-0.4, -0.2) is 48.2 Å². The summed E-state index contributed by atoms with van der Waals surface area (Å²) >= 11 is 0. The predicted octanol–water partition coefficient (Wildman–Crippen LogP) is 2.22. The number of carbonyl (C=O) groups excluding carboxylic acids is 3. The molecule has 1 saturated carbocycles. The third-order valence-electron chi connectivity index (χ3n) is 5.46. The molecule has 1 aliphatic carbocycles. The molecule has 0 unspecified atom stereocenters. The van der Waals surface area contributed by atoms with E-state index in [1.165, 1.54) is 4.90 Å². The van der Waals surface area contributed by atoms with E-state index in [1.54, 1.807) is 19.1 Å². The lowest BCUT2D eigenvalue weighted by atomic mass is 9.81. The molecule has 1 heterocycles. The lowest BCUT2D eigenvalue weighted by molar-refractivity contribution is -0.140. The molecule has 0 radical (unpaired) electrons. The van der Waals surface area contributed by atoms with Gasteiger partial charge in [0.25, 0.3) is 0 Å². The molecule has 2 aliphatic rings. The van der Waals surface area contributed by atoms with E-state index in [4.69, 9.17) is 4.74 Å². The molecule has 0 bridgehead atoms. The van der Waals surface area contributed by atoms with Crippen LogP contribution in [-0.2, 0) is 20.9 Å². The van der Waals surface area contributed by atoms with Gasteiger partial charge in [0.15, 0.2) is 0 Å². The van der Waals surface area contributed by atoms with Crippen LogP contribution < -0.4 is 4.74 Å². The van der Waals surface area contributed by atoms with Crippen LogP contribution in [0, 0.1) is 11.8 Å². The van der Waals surface area contributed by atoms with Gasteiger partial charge >= 0.3 is 0 Å². The number of rotatable bonds is 6. The zero-order valence-electron chi connectivity index (χ0n) is 15.4. The van der Waals surface area contributed by atoms with E-state index in [0.29, 0.717) is 6.54 Å². The average Bonchev–Trinajstić information content (AvgIpc) is 2.90. The number of amides is 3. The van der Waals surface area contributed by atoms with E-state index >= 15 is 0 Å². The van der Waals surface area contributed by atoms with Gasteiger partial charge in [-0.15, -0.1) is 0 Å². The van der Waals surface area contributed by atoms with Crippen LogP contribution in [0.15, 0.2) is 24.3 Å². The predicted molar refractivity (Wildman–Crippen MR) is 96.3 cm³/mol. The highest BCUT2D eigenvalue weighted by atomic mass is 16.5. The average molecular weight is 358 g/mol. The Labute approximate surface area is 154 Å². The van der Waals surface area contributed by atoms with Crippen molar-refractivity contribution in [2.45, 2.75) is 38.6 Å². The number of fused-ring (bicyclic) bond motifs is 1. The van der Waals surface area contributed by atoms with Gasteiger partial charge in [-0.05, 0) is 30.5 Å². The van der Waals surface area contributed by atoms with Crippen molar-refractivity contribution in [1.82, 2.24) is 9.80 Å². The number of ether oxygens (including phenoxy) is 1. The molecule has 0 N–H and O–H groups in total. The second-order valence-electron chi connectivity index (χ2n) is 7.18. The maximum absolute atomic E-state index is 12.5. The zero-order chi connectivity index (χ0) is 18.7. The van der Waals surface area contributed by atoms with Crippen molar-refractivity contribution < 1.29 is 19.1 Å². The van der Waals surface area contributed by atoms with Crippen LogP contribution in [0.5, 0.6) is 5.75 Å². The van der Waals surface area contributed by atoms with Gasteiger partial charge in [0.2, 0.25) is 17.7 Å². The summed E-state index contributed by atoms with van der Waals surface area (Å²) in [6, 6.07) is 7.57. The topological polar surface area (TPSA) is 66.9 Å². The van der Waals surface area contributed by atoms with Gasteiger partial charge < -0.3 is 9.64 Å². The number of hydrogen-bond donors (Lipinski definition) is 0. The number of methoxy groups -OCH3 is 1. The number of carbonyl (C=O) groups is 3. The fraction of sp³-hybridized carbons (Fsp3) is 0.550. The van der Waals surface area contributed by atoms with E-state index in [1.807, 2.05) is 24.3 Å². The Morgan fingerprint density at radius 3 is 2.46 bits per heavy atom. The summed E-state index contributed by atoms with van der Waals surface area (Å²) in [7, 11) is 3.34. The normalized spacial score (nSPS) is 22.3. The Morgan fingerprint density at radius 1 is 1.19 bits per heavy atom. The third-order valence-corrected chi connectivity index (χ3v) is 5.46. The first kappa shape index (κ1) is 18.4. The summed E-state index contributed by atoms with van der Waals surface area (Å²) in [4.78, 5) is 40.3. The van der Waals surface area contributed by atoms with Crippen molar-refractivity contribution in [2.75, 3.05) is 20.7 Å². The van der Waals surface area contributed by atoms with Crippen molar-refractivity contribution in [3.05, 3.63) is 29.8 Å². The van der Waals surface area contributed by atoms with Gasteiger partial charge in [-0.1, -0.05) is 25.0 Å². The summed E-state index contributed by atoms with van der Waals surface area (Å²) in [6.07, 6.45) is 3.79. The van der Waals surface area contributed by atoms with E-state index < -0.39 is 0 Å². The first-order valence-electron chi connectivity index (χ1n) is 9.23. The van der Waals surface area contributed by atoms with Gasteiger partial charge in [-0.3, -0.25) is 19.3 Å². The van der Waals surface area contributed by atoms with E-state index in [0.717, 1.165) is 37.0 Å². The van der Waals surface area contributed by atoms with E-state index in [-0.39, 0.29) is 42.5 Å². The van der Waals surface area contributed by atoms with Gasteiger partial charge in [0.05, 0.1) is 18.9 Å². The van der Waals surface area contributed by atoms with E-state index in [9.17, 15) is 14.4 Å². The molecule has 1 saturated heterocycles. The van der Waals surface area contributed by atoms with Crippen LogP contribution in [0.2, 0.25) is 0 Å². The lowest BCUT2D eigenvalue weighted by Crippen LogP contribution is -2.36. The SMILES string of the molecule is COc1cccc(CN(C)C(=O)CCN2C(=O)[C@H]3CCCC[C@H]3C2=O)c1. The Hall–Kier alpha value is -2.37. The Bertz CT molecular complexity index is 679. The smallest absolute Gasteiger partial charge is 0.233 e. The third kappa shape index (κ3) is 3.74. The maximum atomic E-state index is 12.5. The molecule has 0 aromatic heterocycles. The molecule has 6 heteroatoms. The number of likely N-dealkylation sites (tertiary alicyclic amines) is 1. The van der Waals surface area contributed by atoms with Gasteiger partial charge in [0, 0.05) is 26.6 Å². The fourth-order valence-corrected chi connectivity index (χ4v) is 3.98. The molecule has 1 aliphatic heterocycles. The molecule has 1 aromatic carbocycles. The molecule has 140 valence electrons. The van der Waals surface area contributed by atoms with Crippen molar-refractivity contribution in [3.8, 4) is 5.75 Å². The number of imide groups is 1. The van der Waals surface area contributed by atoms with Crippen molar-refractivity contribution in [3.63, 3.8) is 0 Å². The van der Waals surface area contributed by atoms with Crippen LogP contribution in [0.3, 0.4) is 0 Å². The van der Waals surface area contributed by atoms with Crippen molar-refractivity contribution in [2.24, 2.45) is 11.8 Å². The van der Waals surface area contributed by atoms with Gasteiger partial charge in [-0.2, -0.15) is 0 Å². The summed E-state index contributed by atoms with van der Waals surface area (Å²) in [5.74, 6) is 0.204. The Balaban J connectivity index is 1.54. The largest absolute Gasteiger partial charge is 0.497 e. The second-order valence-corrected chi connectivity index (χ2v) is 7.18. The van der Waals surface area contributed by atoms with Crippen LogP contribution in [0.1, 0.15) is 37.7 Å². The molecular formula is C20H26N2O4. The fourth-order valence-electron chi connectivity index (χ4n) is 3.98. The molecule has 3 amide bonds. The van der Waals surface area contributed by atoms with Gasteiger partial charge in [-0.25, -0.2) is 0 Å². The Kier molecular flexibility index (Phi) is 5.59. The Morgan fingerprint density at radius 2 is 1.85 bits per heavy atom. The minimum absolute atomic E-state index is 0.0803. The first-order chi connectivity index (χ1) is 12.5. The quantitative estimate of drug-likeness (QED) is 0.732. The zero-order valence-corrected chi connectivity index (χ0v) is 15.4. The van der Waals surface area contributed by atoms with Gasteiger partial charge in [0.1, 0.15) is 5.75 Å². The van der Waals surface area contributed by atoms with Crippen molar-refractivity contribution in [1.29, 1.82) is 0 Å². The first-order valence-corrected chi connectivity index (χ1v) is 9.23. The molecule has 26 heavy (non-hydrogen) atoms. The molecular weight excluding hydrogens is 332 g/mol. The summed E-state index contributed by atoms with van der Waals surface area (Å²) in [6.45, 7) is 0.648. The lowest BCUT2D eigenvalue weighted by Gasteiger charge is -2.20. The summed E-state index contributed by atoms with van der Waals surface area (Å²) in [5.41, 5.74) is 0.972. The molecule has 1 aromatic rings. The molecule has 6 nitrogen and oxygen atoms in total. The van der Waals surface area contributed by atoms with Crippen LogP contribution in [0.4, 0.5) is 0 Å². The van der Waals surface area contributed by atoms with Crippen molar-refractivity contribution >= 4 is 17.7 Å². The van der Waals surface area contributed by atoms with Crippen LogP contribution >= 0.6 is 0 Å². The minimum Gasteiger partial charge on any atom is -0.497 e. The van der Waals surface area contributed by atoms with Crippen LogP contribution in [0.25, 0.3) is 0 Å². The maximum Gasteiger partial charge on any atom is 0.233 e. The summed E-state index contributed by atoms with van der Waals surface area (Å²) in [5, 5.41) is 0. The molecule has 3 rings (SSSR count). The summed E-state index contributed by atoms with van der Waals surface area (Å²) < 4.78 is 5.20. The highest BCUT2D eigenvalue weighted by molar-refractivity contribution is 6.05. The highest BCUT2D eigenvalue weighted by Gasteiger charge is 2.47. The number of benzene rings is 1.